The summed E-state index contributed by atoms with van der Waals surface area (Å²) >= 11 is 6.28. The number of nitrogens with zero attached hydrogens (tertiary/aromatic N) is 1. The van der Waals surface area contributed by atoms with Gasteiger partial charge in [0.1, 0.15) is 16.5 Å². The molecule has 1 heterocycles. The zero-order valence-electron chi connectivity index (χ0n) is 22.4. The number of nitrogens with one attached hydrogen (secondary N) is 2. The van der Waals surface area contributed by atoms with Crippen LogP contribution < -0.4 is 20.3 Å². The van der Waals surface area contributed by atoms with E-state index in [-0.39, 0.29) is 16.6 Å². The smallest absolute Gasteiger partial charge is 0.338 e. The molecule has 0 atom stereocenters. The van der Waals surface area contributed by atoms with Crippen LogP contribution in [0.3, 0.4) is 0 Å². The second kappa shape index (κ2) is 12.0. The first-order valence-corrected chi connectivity index (χ1v) is 12.9. The number of carbonyl (C=O) groups excluding carboxylic acids is 4. The van der Waals surface area contributed by atoms with Gasteiger partial charge in [0.15, 0.2) is 0 Å². The largest absolute Gasteiger partial charge is 0.497 e. The molecule has 0 spiro atoms. The Morgan fingerprint density at radius 1 is 0.925 bits per heavy atom. The number of anilines is 3. The number of ether oxygens (including phenoxy) is 2. The van der Waals surface area contributed by atoms with Gasteiger partial charge in [-0.05, 0) is 79.1 Å². The van der Waals surface area contributed by atoms with Crippen LogP contribution in [-0.4, -0.2) is 37.4 Å². The van der Waals surface area contributed by atoms with Crippen LogP contribution >= 0.6 is 11.6 Å². The van der Waals surface area contributed by atoms with Crippen molar-refractivity contribution in [2.75, 3.05) is 29.3 Å². The molecule has 0 aromatic heterocycles. The Bertz CT molecular complexity index is 1500. The normalized spacial score (nSPS) is 13.1. The molecule has 1 aliphatic heterocycles. The molecule has 40 heavy (non-hydrogen) atoms. The Kier molecular flexibility index (Phi) is 8.55. The number of hydrogen-bond donors (Lipinski definition) is 2. The molecule has 0 saturated carbocycles. The molecular weight excluding hydrogens is 534 g/mol. The second-order valence-electron chi connectivity index (χ2n) is 9.51. The predicted molar refractivity (Wildman–Crippen MR) is 153 cm³/mol. The van der Waals surface area contributed by atoms with Crippen molar-refractivity contribution in [1.29, 1.82) is 0 Å². The highest BCUT2D eigenvalue weighted by Gasteiger charge is 2.39. The number of rotatable bonds is 9. The van der Waals surface area contributed by atoms with Gasteiger partial charge < -0.3 is 20.1 Å². The van der Waals surface area contributed by atoms with Crippen molar-refractivity contribution in [2.45, 2.75) is 20.8 Å². The van der Waals surface area contributed by atoms with Crippen molar-refractivity contribution in [2.24, 2.45) is 5.92 Å². The van der Waals surface area contributed by atoms with Crippen molar-refractivity contribution in [1.82, 2.24) is 0 Å². The molecule has 10 heteroatoms. The van der Waals surface area contributed by atoms with E-state index >= 15 is 0 Å². The summed E-state index contributed by atoms with van der Waals surface area (Å²) in [6.07, 6.45) is 0. The third-order valence-corrected chi connectivity index (χ3v) is 6.39. The first-order chi connectivity index (χ1) is 19.1. The number of imide groups is 1. The maximum atomic E-state index is 13.2. The number of methoxy groups -OCH3 is 1. The Balaban J connectivity index is 1.47. The number of halogens is 1. The summed E-state index contributed by atoms with van der Waals surface area (Å²) in [5, 5.41) is 5.46. The zero-order chi connectivity index (χ0) is 29.0. The lowest BCUT2D eigenvalue weighted by molar-refractivity contribution is -0.120. The van der Waals surface area contributed by atoms with Gasteiger partial charge in [-0.25, -0.2) is 9.69 Å². The number of aryl methyl sites for hydroxylation is 1. The summed E-state index contributed by atoms with van der Waals surface area (Å²) in [6, 6.07) is 17.7. The van der Waals surface area contributed by atoms with Gasteiger partial charge in [-0.1, -0.05) is 31.5 Å². The second-order valence-corrected chi connectivity index (χ2v) is 9.89. The van der Waals surface area contributed by atoms with Crippen LogP contribution in [0.4, 0.5) is 17.1 Å². The van der Waals surface area contributed by atoms with Gasteiger partial charge in [-0.15, -0.1) is 0 Å². The lowest BCUT2D eigenvalue weighted by atomic mass is 10.1. The molecule has 0 unspecified atom stereocenters. The van der Waals surface area contributed by atoms with Gasteiger partial charge in [0, 0.05) is 16.9 Å². The lowest BCUT2D eigenvalue weighted by Crippen LogP contribution is -2.32. The number of esters is 1. The standard InChI is InChI=1S/C30H28ClN3O6/c1-17(2)16-40-30(38)19-7-9-21(10-8-19)32-27(35)20-6-5-18(3)24(15-20)33-26-25(31)28(36)34(29(26)37)22-11-13-23(39-4)14-12-22/h5-15,17,33H,16H2,1-4H3,(H,32,35). The van der Waals surface area contributed by atoms with Gasteiger partial charge in [-0.2, -0.15) is 0 Å². The van der Waals surface area contributed by atoms with Gasteiger partial charge in [0.25, 0.3) is 17.7 Å². The molecule has 0 aliphatic carbocycles. The molecule has 1 aliphatic rings. The minimum Gasteiger partial charge on any atom is -0.497 e. The molecule has 3 aromatic carbocycles. The van der Waals surface area contributed by atoms with Crippen molar-refractivity contribution >= 4 is 52.4 Å². The van der Waals surface area contributed by atoms with Gasteiger partial charge in [0.05, 0.1) is 25.0 Å². The summed E-state index contributed by atoms with van der Waals surface area (Å²) in [7, 11) is 1.52. The molecular formula is C30H28ClN3O6. The molecule has 0 bridgehead atoms. The summed E-state index contributed by atoms with van der Waals surface area (Å²) < 4.78 is 10.4. The average Bonchev–Trinajstić information content (AvgIpc) is 3.16. The van der Waals surface area contributed by atoms with Gasteiger partial charge in [-0.3, -0.25) is 14.4 Å². The number of hydrogen-bond acceptors (Lipinski definition) is 7. The molecule has 0 radical (unpaired) electrons. The first kappa shape index (κ1) is 28.4. The number of carbonyl (C=O) groups is 4. The van der Waals surface area contributed by atoms with E-state index in [0.717, 1.165) is 10.5 Å². The first-order valence-electron chi connectivity index (χ1n) is 12.5. The molecule has 2 N–H and O–H groups in total. The number of amides is 3. The van der Waals surface area contributed by atoms with Gasteiger partial charge >= 0.3 is 5.97 Å². The van der Waals surface area contributed by atoms with E-state index in [4.69, 9.17) is 21.1 Å². The van der Waals surface area contributed by atoms with E-state index in [0.29, 0.717) is 40.5 Å². The van der Waals surface area contributed by atoms with Crippen LogP contribution in [0.5, 0.6) is 5.75 Å². The summed E-state index contributed by atoms with van der Waals surface area (Å²) in [6.45, 7) is 6.01. The van der Waals surface area contributed by atoms with E-state index in [1.54, 1.807) is 73.7 Å². The predicted octanol–water partition coefficient (Wildman–Crippen LogP) is 5.50. The molecule has 206 valence electrons. The average molecular weight is 562 g/mol. The van der Waals surface area contributed by atoms with Crippen LogP contribution in [0.15, 0.2) is 77.5 Å². The van der Waals surface area contributed by atoms with E-state index in [1.165, 1.54) is 7.11 Å². The SMILES string of the molecule is COc1ccc(N2C(=O)C(Cl)=C(Nc3cc(C(=O)Nc4ccc(C(=O)OCC(C)C)cc4)ccc3C)C2=O)cc1. The molecule has 0 saturated heterocycles. The van der Waals surface area contributed by atoms with Crippen LogP contribution in [-0.2, 0) is 14.3 Å². The third kappa shape index (κ3) is 6.16. The minimum atomic E-state index is -0.664. The fourth-order valence-corrected chi connectivity index (χ4v) is 4.04. The van der Waals surface area contributed by atoms with Crippen LogP contribution in [0.1, 0.15) is 40.1 Å². The Morgan fingerprint density at radius 2 is 1.57 bits per heavy atom. The maximum Gasteiger partial charge on any atom is 0.338 e. The molecule has 4 rings (SSSR count). The fourth-order valence-electron chi connectivity index (χ4n) is 3.83. The number of benzene rings is 3. The highest BCUT2D eigenvalue weighted by atomic mass is 35.5. The molecule has 3 amide bonds. The molecule has 9 nitrogen and oxygen atoms in total. The van der Waals surface area contributed by atoms with Crippen LogP contribution in [0, 0.1) is 12.8 Å². The monoisotopic (exact) mass is 561 g/mol. The van der Waals surface area contributed by atoms with E-state index in [1.807, 2.05) is 13.8 Å². The lowest BCUT2D eigenvalue weighted by Gasteiger charge is -2.16. The Morgan fingerprint density at radius 3 is 2.20 bits per heavy atom. The summed E-state index contributed by atoms with van der Waals surface area (Å²) in [5.41, 5.74) is 2.57. The van der Waals surface area contributed by atoms with Crippen molar-refractivity contribution < 1.29 is 28.7 Å². The quantitative estimate of drug-likeness (QED) is 0.262. The van der Waals surface area contributed by atoms with Gasteiger partial charge in [0.2, 0.25) is 0 Å². The Hall–Kier alpha value is -4.63. The van der Waals surface area contributed by atoms with Crippen LogP contribution in [0.2, 0.25) is 0 Å². The minimum absolute atomic E-state index is 0.0944. The highest BCUT2D eigenvalue weighted by Crippen LogP contribution is 2.32. The molecule has 3 aromatic rings. The summed E-state index contributed by atoms with van der Waals surface area (Å²) in [4.78, 5) is 52.1. The topological polar surface area (TPSA) is 114 Å². The maximum absolute atomic E-state index is 13.2. The van der Waals surface area contributed by atoms with Crippen molar-refractivity contribution in [3.05, 3.63) is 94.1 Å². The Labute approximate surface area is 236 Å². The van der Waals surface area contributed by atoms with E-state index in [2.05, 4.69) is 10.6 Å². The fraction of sp³-hybridized carbons (Fsp3) is 0.200. The van der Waals surface area contributed by atoms with E-state index in [9.17, 15) is 19.2 Å². The van der Waals surface area contributed by atoms with Crippen molar-refractivity contribution in [3.8, 4) is 5.75 Å². The highest BCUT2D eigenvalue weighted by molar-refractivity contribution is 6.53. The zero-order valence-corrected chi connectivity index (χ0v) is 23.2. The molecule has 0 fully saturated rings. The summed E-state index contributed by atoms with van der Waals surface area (Å²) in [5.74, 6) is -1.33. The third-order valence-electron chi connectivity index (χ3n) is 6.04. The van der Waals surface area contributed by atoms with Crippen LogP contribution in [0.25, 0.3) is 0 Å². The van der Waals surface area contributed by atoms with Crippen molar-refractivity contribution in [3.63, 3.8) is 0 Å². The van der Waals surface area contributed by atoms with E-state index < -0.39 is 23.7 Å².